The molecule has 1 aromatic rings. The van der Waals surface area contributed by atoms with Crippen LogP contribution in [-0.4, -0.2) is 30.9 Å². The van der Waals surface area contributed by atoms with E-state index in [1.165, 1.54) is 0 Å². The van der Waals surface area contributed by atoms with Crippen molar-refractivity contribution >= 4 is 17.5 Å². The van der Waals surface area contributed by atoms with E-state index in [0.29, 0.717) is 13.0 Å². The lowest BCUT2D eigenvalue weighted by Crippen LogP contribution is -2.44. The highest BCUT2D eigenvalue weighted by Gasteiger charge is 2.24. The van der Waals surface area contributed by atoms with Gasteiger partial charge in [0.1, 0.15) is 0 Å². The lowest BCUT2D eigenvalue weighted by Gasteiger charge is -2.25. The number of carbonyl (C=O) groups is 2. The fourth-order valence-corrected chi connectivity index (χ4v) is 2.31. The number of anilines is 1. The smallest absolute Gasteiger partial charge is 0.239 e. The molecular formula is C15H21N3O2. The van der Waals surface area contributed by atoms with Gasteiger partial charge >= 0.3 is 0 Å². The maximum absolute atomic E-state index is 12.1. The molecule has 0 aromatic heterocycles. The molecule has 108 valence electrons. The monoisotopic (exact) mass is 275 g/mol. The normalized spacial score (nSPS) is 17.1. The summed E-state index contributed by atoms with van der Waals surface area (Å²) in [5, 5.41) is 8.70. The van der Waals surface area contributed by atoms with Crippen molar-refractivity contribution in [3.63, 3.8) is 0 Å². The fraction of sp³-hybridized carbons (Fsp3) is 0.467. The van der Waals surface area contributed by atoms with E-state index in [-0.39, 0.29) is 30.3 Å². The van der Waals surface area contributed by atoms with Crippen molar-refractivity contribution < 1.29 is 9.59 Å². The molecular weight excluding hydrogens is 254 g/mol. The predicted octanol–water partition coefficient (Wildman–Crippen LogP) is 0.912. The van der Waals surface area contributed by atoms with Gasteiger partial charge in [0.05, 0.1) is 12.5 Å². The molecule has 0 spiro atoms. The van der Waals surface area contributed by atoms with Gasteiger partial charge in [-0.1, -0.05) is 18.2 Å². The van der Waals surface area contributed by atoms with Crippen LogP contribution >= 0.6 is 0 Å². The molecule has 0 fully saturated rings. The molecule has 1 aliphatic heterocycles. The van der Waals surface area contributed by atoms with Crippen LogP contribution in [0, 0.1) is 5.92 Å². The molecule has 0 aliphatic carbocycles. The van der Waals surface area contributed by atoms with Gasteiger partial charge in [0, 0.05) is 18.3 Å². The molecule has 0 saturated heterocycles. The summed E-state index contributed by atoms with van der Waals surface area (Å²) in [7, 11) is 0. The summed E-state index contributed by atoms with van der Waals surface area (Å²) in [5.41, 5.74) is 2.24. The Kier molecular flexibility index (Phi) is 4.61. The van der Waals surface area contributed by atoms with Crippen molar-refractivity contribution in [3.05, 3.63) is 29.8 Å². The number of nitrogens with one attached hydrogen (secondary N) is 3. The fourth-order valence-electron chi connectivity index (χ4n) is 2.31. The summed E-state index contributed by atoms with van der Waals surface area (Å²) in [5.74, 6) is -0.361. The van der Waals surface area contributed by atoms with Crippen molar-refractivity contribution in [2.24, 2.45) is 5.92 Å². The minimum Gasteiger partial charge on any atom is -0.384 e. The van der Waals surface area contributed by atoms with Gasteiger partial charge in [-0.15, -0.1) is 0 Å². The molecule has 2 rings (SSSR count). The zero-order valence-electron chi connectivity index (χ0n) is 11.9. The topological polar surface area (TPSA) is 70.2 Å². The van der Waals surface area contributed by atoms with Crippen LogP contribution in [0.5, 0.6) is 0 Å². The van der Waals surface area contributed by atoms with Crippen LogP contribution in [0.1, 0.15) is 19.4 Å². The highest BCUT2D eigenvalue weighted by molar-refractivity contribution is 5.86. The van der Waals surface area contributed by atoms with E-state index < -0.39 is 0 Å². The van der Waals surface area contributed by atoms with Crippen LogP contribution < -0.4 is 16.0 Å². The summed E-state index contributed by atoms with van der Waals surface area (Å²) in [6.07, 6.45) is 0.709. The van der Waals surface area contributed by atoms with E-state index in [9.17, 15) is 9.59 Å². The van der Waals surface area contributed by atoms with Crippen molar-refractivity contribution in [3.8, 4) is 0 Å². The van der Waals surface area contributed by atoms with Crippen LogP contribution in [0.25, 0.3) is 0 Å². The number of carbonyl (C=O) groups excluding carboxylic acids is 2. The molecule has 1 unspecified atom stereocenters. The first kappa shape index (κ1) is 14.4. The third kappa shape index (κ3) is 3.73. The van der Waals surface area contributed by atoms with E-state index >= 15 is 0 Å². The summed E-state index contributed by atoms with van der Waals surface area (Å²) in [6.45, 7) is 4.42. The van der Waals surface area contributed by atoms with E-state index in [4.69, 9.17) is 0 Å². The highest BCUT2D eigenvalue weighted by atomic mass is 16.2. The number of benzene rings is 1. The second-order valence-corrected chi connectivity index (χ2v) is 5.38. The summed E-state index contributed by atoms with van der Waals surface area (Å²) in [4.78, 5) is 23.6. The van der Waals surface area contributed by atoms with Crippen LogP contribution in [0.2, 0.25) is 0 Å². The maximum atomic E-state index is 12.1. The summed E-state index contributed by atoms with van der Waals surface area (Å²) in [6, 6.07) is 8.06. The molecule has 1 aliphatic rings. The van der Waals surface area contributed by atoms with Crippen LogP contribution in [0.15, 0.2) is 24.3 Å². The van der Waals surface area contributed by atoms with E-state index in [2.05, 4.69) is 16.0 Å². The Morgan fingerprint density at radius 2 is 2.10 bits per heavy atom. The van der Waals surface area contributed by atoms with Crippen LogP contribution in [-0.2, 0) is 16.0 Å². The third-order valence-corrected chi connectivity index (χ3v) is 3.27. The number of hydrogen-bond donors (Lipinski definition) is 3. The zero-order chi connectivity index (χ0) is 14.5. The first-order valence-corrected chi connectivity index (χ1v) is 6.95. The lowest BCUT2D eigenvalue weighted by atomic mass is 9.93. The minimum atomic E-state index is -0.155. The Morgan fingerprint density at radius 1 is 1.35 bits per heavy atom. The molecule has 1 heterocycles. The van der Waals surface area contributed by atoms with Crippen LogP contribution in [0.4, 0.5) is 5.69 Å². The standard InChI is InChI=1S/C15H21N3O2/c1-10(2)18-14(19)9-17-15(20)12-7-11-5-3-4-6-13(11)16-8-12/h3-6,10,12,16H,7-9H2,1-2H3,(H,17,20)(H,18,19). The molecule has 3 N–H and O–H groups in total. The molecule has 1 aromatic carbocycles. The van der Waals surface area contributed by atoms with Crippen molar-refractivity contribution in [1.82, 2.24) is 10.6 Å². The average molecular weight is 275 g/mol. The SMILES string of the molecule is CC(C)NC(=O)CNC(=O)C1CNc2ccccc2C1. The predicted molar refractivity (Wildman–Crippen MR) is 78.4 cm³/mol. The Balaban J connectivity index is 1.84. The summed E-state index contributed by atoms with van der Waals surface area (Å²) < 4.78 is 0. The van der Waals surface area contributed by atoms with Gasteiger partial charge in [0.15, 0.2) is 0 Å². The number of rotatable bonds is 4. The Labute approximate surface area is 119 Å². The van der Waals surface area contributed by atoms with Gasteiger partial charge in [0.25, 0.3) is 0 Å². The third-order valence-electron chi connectivity index (χ3n) is 3.27. The lowest BCUT2D eigenvalue weighted by molar-refractivity contribution is -0.128. The van der Waals surface area contributed by atoms with Crippen molar-refractivity contribution in [2.45, 2.75) is 26.3 Å². The Bertz CT molecular complexity index is 500. The van der Waals surface area contributed by atoms with Gasteiger partial charge in [-0.2, -0.15) is 0 Å². The first-order valence-electron chi connectivity index (χ1n) is 6.95. The van der Waals surface area contributed by atoms with Gasteiger partial charge in [-0.25, -0.2) is 0 Å². The second kappa shape index (κ2) is 6.41. The number of para-hydroxylation sites is 1. The minimum absolute atomic E-state index is 0.0369. The highest BCUT2D eigenvalue weighted by Crippen LogP contribution is 2.24. The Morgan fingerprint density at radius 3 is 2.85 bits per heavy atom. The average Bonchev–Trinajstić information content (AvgIpc) is 2.43. The van der Waals surface area contributed by atoms with Gasteiger partial charge in [0.2, 0.25) is 11.8 Å². The number of amides is 2. The largest absolute Gasteiger partial charge is 0.384 e. The van der Waals surface area contributed by atoms with Gasteiger partial charge < -0.3 is 16.0 Å². The maximum Gasteiger partial charge on any atom is 0.239 e. The van der Waals surface area contributed by atoms with E-state index in [1.807, 2.05) is 38.1 Å². The molecule has 0 radical (unpaired) electrons. The quantitative estimate of drug-likeness (QED) is 0.765. The molecule has 1 atom stereocenters. The molecule has 0 bridgehead atoms. The molecule has 20 heavy (non-hydrogen) atoms. The van der Waals surface area contributed by atoms with Gasteiger partial charge in [-0.05, 0) is 31.9 Å². The van der Waals surface area contributed by atoms with E-state index in [0.717, 1.165) is 11.3 Å². The summed E-state index contributed by atoms with van der Waals surface area (Å²) >= 11 is 0. The molecule has 0 saturated carbocycles. The molecule has 5 nitrogen and oxygen atoms in total. The Hall–Kier alpha value is -2.04. The second-order valence-electron chi connectivity index (χ2n) is 5.38. The number of hydrogen-bond acceptors (Lipinski definition) is 3. The van der Waals surface area contributed by atoms with Crippen LogP contribution in [0.3, 0.4) is 0 Å². The number of fused-ring (bicyclic) bond motifs is 1. The van der Waals surface area contributed by atoms with Crippen molar-refractivity contribution in [2.75, 3.05) is 18.4 Å². The molecule has 2 amide bonds. The zero-order valence-corrected chi connectivity index (χ0v) is 11.9. The van der Waals surface area contributed by atoms with E-state index in [1.54, 1.807) is 0 Å². The van der Waals surface area contributed by atoms with Gasteiger partial charge in [-0.3, -0.25) is 9.59 Å². The van der Waals surface area contributed by atoms with Crippen molar-refractivity contribution in [1.29, 1.82) is 0 Å². The molecule has 5 heteroatoms. The first-order chi connectivity index (χ1) is 9.56.